The Morgan fingerprint density at radius 1 is 1.09 bits per heavy atom. The van der Waals surface area contributed by atoms with Crippen LogP contribution in [0.5, 0.6) is 0 Å². The van der Waals surface area contributed by atoms with E-state index < -0.39 is 0 Å². The minimum atomic E-state index is 0.321. The van der Waals surface area contributed by atoms with Gasteiger partial charge in [-0.2, -0.15) is 5.10 Å². The van der Waals surface area contributed by atoms with Gasteiger partial charge in [0, 0.05) is 61.8 Å². The Morgan fingerprint density at radius 2 is 1.97 bits per heavy atom. The summed E-state index contributed by atoms with van der Waals surface area (Å²) in [6.07, 6.45) is 12.6. The van der Waals surface area contributed by atoms with E-state index in [1.54, 1.807) is 0 Å². The highest BCUT2D eigenvalue weighted by atomic mass is 16.5. The number of rotatable bonds is 6. The zero-order valence-corrected chi connectivity index (χ0v) is 19.0. The average molecular weight is 438 g/mol. The number of nitrogens with zero attached hydrogens (tertiary/aromatic N) is 4. The number of nitrogens with one attached hydrogen (secondary N) is 1. The third kappa shape index (κ3) is 3.90. The van der Waals surface area contributed by atoms with E-state index >= 15 is 0 Å². The maximum Gasteiger partial charge on any atom is 0.250 e. The van der Waals surface area contributed by atoms with Gasteiger partial charge in [0.2, 0.25) is 0 Å². The predicted molar refractivity (Wildman–Crippen MR) is 122 cm³/mol. The Kier molecular flexibility index (Phi) is 5.55. The van der Waals surface area contributed by atoms with Crippen molar-refractivity contribution in [3.8, 4) is 0 Å². The summed E-state index contributed by atoms with van der Waals surface area (Å²) in [5.74, 6) is 0.333. The highest BCUT2D eigenvalue weighted by molar-refractivity contribution is 5.96. The van der Waals surface area contributed by atoms with E-state index in [4.69, 9.17) is 4.74 Å². The zero-order valence-electron chi connectivity index (χ0n) is 19.0. The number of aromatic nitrogens is 2. The maximum atomic E-state index is 14.0. The summed E-state index contributed by atoms with van der Waals surface area (Å²) in [6.45, 7) is 6.96. The smallest absolute Gasteiger partial charge is 0.250 e. The van der Waals surface area contributed by atoms with Crippen LogP contribution in [0.3, 0.4) is 0 Å². The van der Waals surface area contributed by atoms with E-state index in [9.17, 15) is 4.79 Å². The van der Waals surface area contributed by atoms with E-state index in [0.717, 1.165) is 103 Å². The molecule has 1 N–H and O–H groups in total. The second-order valence-corrected chi connectivity index (χ2v) is 9.99. The van der Waals surface area contributed by atoms with Crippen molar-refractivity contribution in [1.82, 2.24) is 24.9 Å². The van der Waals surface area contributed by atoms with Gasteiger partial charge in [-0.15, -0.1) is 0 Å². The van der Waals surface area contributed by atoms with E-state index in [0.29, 0.717) is 18.0 Å². The molecule has 0 bridgehead atoms. The van der Waals surface area contributed by atoms with Gasteiger partial charge in [-0.05, 0) is 62.5 Å². The van der Waals surface area contributed by atoms with E-state index in [-0.39, 0.29) is 0 Å². The largest absolute Gasteiger partial charge is 0.379 e. The molecule has 3 aliphatic carbocycles. The lowest BCUT2D eigenvalue weighted by atomic mass is 9.89. The fraction of sp³-hybridized carbons (Fsp3) is 0.680. The Hall–Kier alpha value is -2.12. The number of carbonyl (C=O) groups is 1. The van der Waals surface area contributed by atoms with Gasteiger partial charge < -0.3 is 14.5 Å². The molecule has 172 valence electrons. The summed E-state index contributed by atoms with van der Waals surface area (Å²) in [4.78, 5) is 21.3. The van der Waals surface area contributed by atoms with Crippen molar-refractivity contribution in [2.45, 2.75) is 63.5 Å². The average Bonchev–Trinajstić information content (AvgIpc) is 3.39. The normalized spacial score (nSPS) is 26.1. The highest BCUT2D eigenvalue weighted by Crippen LogP contribution is 2.40. The molecule has 6 rings (SSSR count). The van der Waals surface area contributed by atoms with Gasteiger partial charge in [-0.3, -0.25) is 14.8 Å². The van der Waals surface area contributed by atoms with Gasteiger partial charge in [0.1, 0.15) is 0 Å². The molecule has 7 heteroatoms. The molecule has 1 saturated carbocycles. The van der Waals surface area contributed by atoms with Crippen molar-refractivity contribution in [2.24, 2.45) is 0 Å². The fourth-order valence-corrected chi connectivity index (χ4v) is 6.08. The van der Waals surface area contributed by atoms with Crippen LogP contribution < -0.4 is 0 Å². The third-order valence-electron chi connectivity index (χ3n) is 7.98. The zero-order chi connectivity index (χ0) is 21.5. The molecule has 5 aliphatic rings. The Labute approximate surface area is 190 Å². The van der Waals surface area contributed by atoms with Crippen LogP contribution in [0.1, 0.15) is 49.8 Å². The lowest BCUT2D eigenvalue weighted by molar-refractivity contribution is -0.130. The van der Waals surface area contributed by atoms with Crippen molar-refractivity contribution in [1.29, 1.82) is 0 Å². The second-order valence-electron chi connectivity index (χ2n) is 9.99. The first-order chi connectivity index (χ1) is 15.8. The molecular weight excluding hydrogens is 402 g/mol. The minimum Gasteiger partial charge on any atom is -0.379 e. The summed E-state index contributed by atoms with van der Waals surface area (Å²) >= 11 is 0. The molecule has 1 unspecified atom stereocenters. The third-order valence-corrected chi connectivity index (χ3v) is 7.98. The summed E-state index contributed by atoms with van der Waals surface area (Å²) in [6, 6.07) is 0.767. The SMILES string of the molecule is O=C(C1=C2CCN(CCN3CCOCC3)C2=CCC1)N(C1CC1)C1CCc2[nH]ncc2C1. The number of likely N-dealkylation sites (tertiary alicyclic amines) is 1. The molecule has 3 heterocycles. The standard InChI is InChI=1S/C25H35N5O2/c31-25(30(19-4-5-19)20-6-7-23-18(16-20)17-26-27-23)22-2-1-3-24-21(22)8-9-29(24)11-10-28-12-14-32-15-13-28/h3,17,19-20H,1-2,4-16H2,(H,26,27). The number of hydrogen-bond acceptors (Lipinski definition) is 5. The van der Waals surface area contributed by atoms with Crippen molar-refractivity contribution in [3.05, 3.63) is 40.4 Å². The fourth-order valence-electron chi connectivity index (χ4n) is 6.08. The lowest BCUT2D eigenvalue weighted by Gasteiger charge is -2.36. The van der Waals surface area contributed by atoms with Gasteiger partial charge >= 0.3 is 0 Å². The molecule has 0 spiro atoms. The molecule has 7 nitrogen and oxygen atoms in total. The quantitative estimate of drug-likeness (QED) is 0.740. The topological polar surface area (TPSA) is 64.7 Å². The molecule has 2 aliphatic heterocycles. The molecule has 1 aromatic heterocycles. The molecule has 1 atom stereocenters. The van der Waals surface area contributed by atoms with E-state index in [1.165, 1.54) is 22.5 Å². The number of aromatic amines is 1. The molecule has 2 saturated heterocycles. The summed E-state index contributed by atoms with van der Waals surface area (Å²) in [5, 5.41) is 7.37. The molecule has 1 amide bonds. The first-order valence-corrected chi connectivity index (χ1v) is 12.6. The molecule has 3 fully saturated rings. The second kappa shape index (κ2) is 8.67. The molecule has 0 aromatic carbocycles. The summed E-state index contributed by atoms with van der Waals surface area (Å²) < 4.78 is 5.49. The van der Waals surface area contributed by atoms with Gasteiger partial charge in [-0.1, -0.05) is 6.08 Å². The highest BCUT2D eigenvalue weighted by Gasteiger charge is 2.41. The molecule has 0 radical (unpaired) electrons. The molecule has 1 aromatic rings. The van der Waals surface area contributed by atoms with E-state index in [1.807, 2.05) is 6.20 Å². The number of carbonyl (C=O) groups excluding carboxylic acids is 1. The Balaban J connectivity index is 1.18. The van der Waals surface area contributed by atoms with Crippen LogP contribution in [0.25, 0.3) is 0 Å². The summed E-state index contributed by atoms with van der Waals surface area (Å²) in [5.41, 5.74) is 6.37. The van der Waals surface area contributed by atoms with Crippen molar-refractivity contribution in [3.63, 3.8) is 0 Å². The Morgan fingerprint density at radius 3 is 2.81 bits per heavy atom. The minimum absolute atomic E-state index is 0.321. The first-order valence-electron chi connectivity index (χ1n) is 12.6. The lowest BCUT2D eigenvalue weighted by Crippen LogP contribution is -2.46. The predicted octanol–water partition coefficient (Wildman–Crippen LogP) is 2.27. The number of ether oxygens (including phenoxy) is 1. The first kappa shape index (κ1) is 20.5. The Bertz CT molecular complexity index is 925. The number of fused-ring (bicyclic) bond motifs is 2. The number of amides is 1. The van der Waals surface area contributed by atoms with Crippen molar-refractivity contribution >= 4 is 5.91 Å². The number of aryl methyl sites for hydroxylation is 1. The van der Waals surface area contributed by atoms with Crippen LogP contribution in [0.4, 0.5) is 0 Å². The number of allylic oxidation sites excluding steroid dienone is 2. The monoisotopic (exact) mass is 437 g/mol. The maximum absolute atomic E-state index is 14.0. The van der Waals surface area contributed by atoms with Crippen LogP contribution in [0.15, 0.2) is 29.1 Å². The van der Waals surface area contributed by atoms with Crippen LogP contribution >= 0.6 is 0 Å². The van der Waals surface area contributed by atoms with Crippen LogP contribution in [-0.4, -0.2) is 88.8 Å². The van der Waals surface area contributed by atoms with Crippen LogP contribution in [0.2, 0.25) is 0 Å². The van der Waals surface area contributed by atoms with Gasteiger partial charge in [0.25, 0.3) is 5.91 Å². The van der Waals surface area contributed by atoms with Crippen LogP contribution in [0, 0.1) is 0 Å². The molecule has 32 heavy (non-hydrogen) atoms. The number of H-pyrrole nitrogens is 1. The van der Waals surface area contributed by atoms with Crippen molar-refractivity contribution in [2.75, 3.05) is 45.9 Å². The summed E-state index contributed by atoms with van der Waals surface area (Å²) in [7, 11) is 0. The van der Waals surface area contributed by atoms with Crippen molar-refractivity contribution < 1.29 is 9.53 Å². The van der Waals surface area contributed by atoms with Crippen LogP contribution in [-0.2, 0) is 22.4 Å². The van der Waals surface area contributed by atoms with Gasteiger partial charge in [0.05, 0.1) is 19.4 Å². The number of hydrogen-bond donors (Lipinski definition) is 1. The number of morpholine rings is 1. The molecular formula is C25H35N5O2. The van der Waals surface area contributed by atoms with E-state index in [2.05, 4.69) is 31.0 Å². The van der Waals surface area contributed by atoms with Gasteiger partial charge in [0.15, 0.2) is 0 Å². The van der Waals surface area contributed by atoms with Gasteiger partial charge in [-0.25, -0.2) is 0 Å².